The number of halogens is 2. The second-order valence-electron chi connectivity index (χ2n) is 8.82. The maximum absolute atomic E-state index is 13.4. The summed E-state index contributed by atoms with van der Waals surface area (Å²) in [5.41, 5.74) is 2.14. The van der Waals surface area contributed by atoms with E-state index in [9.17, 15) is 9.59 Å². The van der Waals surface area contributed by atoms with E-state index >= 15 is 0 Å². The van der Waals surface area contributed by atoms with Crippen LogP contribution in [0.4, 0.5) is 0 Å². The van der Waals surface area contributed by atoms with E-state index in [4.69, 9.17) is 23.2 Å². The molecule has 0 radical (unpaired) electrons. The lowest BCUT2D eigenvalue weighted by Gasteiger charge is -2.20. The molecule has 2 aromatic heterocycles. The van der Waals surface area contributed by atoms with Gasteiger partial charge in [-0.1, -0.05) is 58.7 Å². The Balaban J connectivity index is 1.67. The van der Waals surface area contributed by atoms with Crippen molar-refractivity contribution in [2.45, 2.75) is 18.9 Å². The van der Waals surface area contributed by atoms with Crippen molar-refractivity contribution in [1.82, 2.24) is 34.8 Å². The number of hydrogen-bond acceptors (Lipinski definition) is 6. The first-order valence-electron chi connectivity index (χ1n) is 11.7. The van der Waals surface area contributed by atoms with Crippen LogP contribution in [-0.4, -0.2) is 62.5 Å². The minimum absolute atomic E-state index is 0.227. The largest absolute Gasteiger partial charge is 0.354 e. The van der Waals surface area contributed by atoms with Gasteiger partial charge in [0.15, 0.2) is 5.15 Å². The molecule has 2 aromatic carbocycles. The summed E-state index contributed by atoms with van der Waals surface area (Å²) in [5, 5.41) is 11.5. The maximum atomic E-state index is 13.4. The fourth-order valence-electron chi connectivity index (χ4n) is 3.95. The summed E-state index contributed by atoms with van der Waals surface area (Å²) in [6.07, 6.45) is 4.10. The highest BCUT2D eigenvalue weighted by atomic mass is 35.5. The third-order valence-electron chi connectivity index (χ3n) is 5.77. The molecule has 0 aliphatic rings. The van der Waals surface area contributed by atoms with Crippen molar-refractivity contribution < 1.29 is 4.79 Å². The first-order valence-corrected chi connectivity index (χ1v) is 12.5. The van der Waals surface area contributed by atoms with E-state index in [-0.39, 0.29) is 16.6 Å². The van der Waals surface area contributed by atoms with Crippen LogP contribution < -0.4 is 10.9 Å². The molecule has 192 valence electrons. The van der Waals surface area contributed by atoms with Gasteiger partial charge in [0.05, 0.1) is 23.9 Å². The summed E-state index contributed by atoms with van der Waals surface area (Å²) in [7, 11) is 3.96. The second-order valence-corrected chi connectivity index (χ2v) is 9.64. The summed E-state index contributed by atoms with van der Waals surface area (Å²) in [5.74, 6) is -0.236. The van der Waals surface area contributed by atoms with Gasteiger partial charge in [-0.05, 0) is 50.8 Å². The number of rotatable bonds is 10. The Kier molecular flexibility index (Phi) is 8.70. The van der Waals surface area contributed by atoms with Gasteiger partial charge in [-0.3, -0.25) is 14.2 Å². The summed E-state index contributed by atoms with van der Waals surface area (Å²) >= 11 is 12.2. The second kappa shape index (κ2) is 12.1. The number of aromatic nitrogens is 5. The first kappa shape index (κ1) is 26.5. The van der Waals surface area contributed by atoms with E-state index in [1.54, 1.807) is 24.4 Å². The van der Waals surface area contributed by atoms with Crippen molar-refractivity contribution in [3.63, 3.8) is 0 Å². The van der Waals surface area contributed by atoms with Crippen LogP contribution in [0.2, 0.25) is 10.2 Å². The zero-order chi connectivity index (χ0) is 26.4. The molecule has 0 bridgehead atoms. The average molecular weight is 540 g/mol. The quantitative estimate of drug-likeness (QED) is 0.309. The Morgan fingerprint density at radius 1 is 1.11 bits per heavy atom. The molecule has 9 nitrogen and oxygen atoms in total. The Hall–Kier alpha value is -3.53. The molecule has 1 amide bonds. The van der Waals surface area contributed by atoms with Gasteiger partial charge in [0.1, 0.15) is 6.04 Å². The lowest BCUT2D eigenvalue weighted by atomic mass is 10.0. The van der Waals surface area contributed by atoms with E-state index in [0.717, 1.165) is 18.5 Å². The average Bonchev–Trinajstić information content (AvgIpc) is 3.31. The highest BCUT2D eigenvalue weighted by Crippen LogP contribution is 2.28. The molecule has 2 heterocycles. The molecule has 11 heteroatoms. The third kappa shape index (κ3) is 6.82. The van der Waals surface area contributed by atoms with Crippen molar-refractivity contribution >= 4 is 29.1 Å². The molecule has 0 fully saturated rings. The highest BCUT2D eigenvalue weighted by Gasteiger charge is 2.23. The smallest absolute Gasteiger partial charge is 0.254 e. The Morgan fingerprint density at radius 2 is 1.89 bits per heavy atom. The van der Waals surface area contributed by atoms with Crippen LogP contribution in [0.1, 0.15) is 18.0 Å². The molecule has 0 aliphatic heterocycles. The maximum Gasteiger partial charge on any atom is 0.254 e. The summed E-state index contributed by atoms with van der Waals surface area (Å²) < 4.78 is 2.86. The number of nitrogens with zero attached hydrogens (tertiary/aromatic N) is 6. The molecule has 4 aromatic rings. The standard InChI is InChI=1S/C26H27Cl2N7O2/c1-33(2)12-6-11-29-26(37)23(13-18-7-4-3-5-8-18)34-17-30-21(15-25(34)36)20-14-19(27)9-10-22(20)35-16-24(28)31-32-35/h3-5,7-10,14-17,23H,6,11-13H2,1-2H3,(H,29,37). The Morgan fingerprint density at radius 3 is 2.57 bits per heavy atom. The molecule has 0 aliphatic carbocycles. The van der Waals surface area contributed by atoms with Crippen molar-refractivity contribution in [2.75, 3.05) is 27.2 Å². The molecule has 1 atom stereocenters. The van der Waals surface area contributed by atoms with Gasteiger partial charge < -0.3 is 10.2 Å². The lowest BCUT2D eigenvalue weighted by molar-refractivity contribution is -0.124. The molecule has 1 unspecified atom stereocenters. The zero-order valence-corrected chi connectivity index (χ0v) is 22.0. The van der Waals surface area contributed by atoms with Gasteiger partial charge in [0, 0.05) is 29.6 Å². The predicted molar refractivity (Wildman–Crippen MR) is 144 cm³/mol. The van der Waals surface area contributed by atoms with Crippen molar-refractivity contribution in [2.24, 2.45) is 0 Å². The Bertz CT molecular complexity index is 1420. The normalized spacial score (nSPS) is 12.0. The fourth-order valence-corrected chi connectivity index (χ4v) is 4.24. The van der Waals surface area contributed by atoms with Crippen LogP contribution in [0.5, 0.6) is 0 Å². The fraction of sp³-hybridized carbons (Fsp3) is 0.269. The molecule has 4 rings (SSSR count). The van der Waals surface area contributed by atoms with Crippen molar-refractivity contribution in [1.29, 1.82) is 0 Å². The summed E-state index contributed by atoms with van der Waals surface area (Å²) in [6.45, 7) is 1.35. The van der Waals surface area contributed by atoms with Gasteiger partial charge in [0.25, 0.3) is 5.56 Å². The van der Waals surface area contributed by atoms with Gasteiger partial charge in [-0.25, -0.2) is 9.67 Å². The van der Waals surface area contributed by atoms with E-state index in [1.807, 2.05) is 44.4 Å². The van der Waals surface area contributed by atoms with Gasteiger partial charge >= 0.3 is 0 Å². The third-order valence-corrected chi connectivity index (χ3v) is 6.18. The van der Waals surface area contributed by atoms with Crippen molar-refractivity contribution in [3.8, 4) is 16.9 Å². The number of carbonyl (C=O) groups is 1. The van der Waals surface area contributed by atoms with Crippen LogP contribution in [0.25, 0.3) is 16.9 Å². The van der Waals surface area contributed by atoms with Crippen LogP contribution in [0, 0.1) is 0 Å². The summed E-state index contributed by atoms with van der Waals surface area (Å²) in [4.78, 5) is 33.2. The van der Waals surface area contributed by atoms with Gasteiger partial charge in [0.2, 0.25) is 5.91 Å². The Labute approximate surface area is 224 Å². The van der Waals surface area contributed by atoms with E-state index in [2.05, 4.69) is 25.5 Å². The highest BCUT2D eigenvalue weighted by molar-refractivity contribution is 6.31. The van der Waals surface area contributed by atoms with Gasteiger partial charge in [-0.15, -0.1) is 5.10 Å². The first-order chi connectivity index (χ1) is 17.8. The predicted octanol–water partition coefficient (Wildman–Crippen LogP) is 3.65. The molecule has 0 spiro atoms. The van der Waals surface area contributed by atoms with E-state index < -0.39 is 6.04 Å². The molecular weight excluding hydrogens is 513 g/mol. The molecule has 0 saturated heterocycles. The van der Waals surface area contributed by atoms with Crippen LogP contribution in [0.3, 0.4) is 0 Å². The number of benzene rings is 2. The minimum Gasteiger partial charge on any atom is -0.354 e. The number of amides is 1. The van der Waals surface area contributed by atoms with Crippen molar-refractivity contribution in [3.05, 3.63) is 93.2 Å². The number of hydrogen-bond donors (Lipinski definition) is 1. The van der Waals surface area contributed by atoms with E-state index in [1.165, 1.54) is 21.6 Å². The summed E-state index contributed by atoms with van der Waals surface area (Å²) in [6, 6.07) is 15.4. The van der Waals surface area contributed by atoms with E-state index in [0.29, 0.717) is 34.9 Å². The molecule has 0 saturated carbocycles. The van der Waals surface area contributed by atoms with Crippen LogP contribution in [0.15, 0.2) is 71.9 Å². The number of carbonyl (C=O) groups excluding carboxylic acids is 1. The van der Waals surface area contributed by atoms with Gasteiger partial charge in [-0.2, -0.15) is 0 Å². The topological polar surface area (TPSA) is 97.9 Å². The molecular formula is C26H27Cl2N7O2. The molecule has 1 N–H and O–H groups in total. The lowest BCUT2D eigenvalue weighted by Crippen LogP contribution is -2.39. The minimum atomic E-state index is -0.760. The zero-order valence-electron chi connectivity index (χ0n) is 20.5. The SMILES string of the molecule is CN(C)CCCNC(=O)C(Cc1ccccc1)n1cnc(-c2cc(Cl)ccc2-n2cc(Cl)nn2)cc1=O. The molecule has 37 heavy (non-hydrogen) atoms. The van der Waals surface area contributed by atoms with Crippen LogP contribution >= 0.6 is 23.2 Å². The van der Waals surface area contributed by atoms with Crippen LogP contribution in [-0.2, 0) is 11.2 Å². The monoisotopic (exact) mass is 539 g/mol. The number of nitrogens with one attached hydrogen (secondary N) is 1.